The smallest absolute Gasteiger partial charge is 0.370 e. The Hall–Kier alpha value is -2.86. The van der Waals surface area contributed by atoms with Gasteiger partial charge in [-0.25, -0.2) is 9.79 Å². The number of carbonyl (C=O) groups excluding carboxylic acids is 2. The molecule has 9 N–H and O–H groups in total. The Bertz CT molecular complexity index is 663. The van der Waals surface area contributed by atoms with Crippen molar-refractivity contribution in [2.45, 2.75) is 63.5 Å². The third-order valence-electron chi connectivity index (χ3n) is 4.18. The van der Waals surface area contributed by atoms with Crippen molar-refractivity contribution in [3.05, 3.63) is 11.8 Å². The maximum absolute atomic E-state index is 11.7. The van der Waals surface area contributed by atoms with Crippen LogP contribution < -0.4 is 22.1 Å². The molecule has 0 radical (unpaired) electrons. The minimum atomic E-state index is -1.67. The van der Waals surface area contributed by atoms with Gasteiger partial charge in [-0.1, -0.05) is 13.3 Å². The van der Waals surface area contributed by atoms with Crippen LogP contribution in [0.15, 0.2) is 16.8 Å². The molecule has 5 atom stereocenters. The number of aliphatic hydroxyl groups is 2. The number of nitrogens with zero attached hydrogens (tertiary/aromatic N) is 1. The number of rotatable bonds is 10. The number of nitrogens with two attached hydrogens (primary N) is 2. The Morgan fingerprint density at radius 1 is 1.31 bits per heavy atom. The van der Waals surface area contributed by atoms with Crippen LogP contribution in [0.3, 0.4) is 0 Å². The van der Waals surface area contributed by atoms with Gasteiger partial charge in [-0.15, -0.1) is 0 Å². The van der Waals surface area contributed by atoms with Gasteiger partial charge in [-0.2, -0.15) is 0 Å². The fourth-order valence-electron chi connectivity index (χ4n) is 2.79. The predicted molar refractivity (Wildman–Crippen MR) is 102 cm³/mol. The monoisotopic (exact) mass is 415 g/mol. The highest BCUT2D eigenvalue weighted by Crippen LogP contribution is 2.24. The molecule has 0 aromatic heterocycles. The average Bonchev–Trinajstić information content (AvgIpc) is 2.63. The molecule has 12 heteroatoms. The summed E-state index contributed by atoms with van der Waals surface area (Å²) in [6.07, 6.45) is -1.72. The number of aliphatic imine (C=N–C) groups is 1. The van der Waals surface area contributed by atoms with E-state index in [0.29, 0.717) is 6.42 Å². The molecule has 1 aliphatic rings. The Morgan fingerprint density at radius 3 is 2.48 bits per heavy atom. The van der Waals surface area contributed by atoms with E-state index in [1.54, 1.807) is 0 Å². The van der Waals surface area contributed by atoms with Crippen LogP contribution in [-0.4, -0.2) is 76.0 Å². The molecule has 0 bridgehead atoms. The number of amides is 2. The molecule has 1 aliphatic heterocycles. The first-order valence-electron chi connectivity index (χ1n) is 9.17. The number of hydrogen-bond acceptors (Lipinski definition) is 7. The van der Waals surface area contributed by atoms with Crippen molar-refractivity contribution < 1.29 is 34.4 Å². The highest BCUT2D eigenvalue weighted by Gasteiger charge is 2.43. The molecule has 29 heavy (non-hydrogen) atoms. The number of hydrogen-bond donors (Lipinski definition) is 7. The molecular weight excluding hydrogens is 386 g/mol. The second kappa shape index (κ2) is 11.2. The van der Waals surface area contributed by atoms with Crippen molar-refractivity contribution in [1.82, 2.24) is 10.6 Å². The molecule has 1 heterocycles. The lowest BCUT2D eigenvalue weighted by Gasteiger charge is -2.38. The molecule has 2 unspecified atom stereocenters. The number of nitrogens with one attached hydrogen (secondary N) is 2. The van der Waals surface area contributed by atoms with Gasteiger partial charge in [-0.05, 0) is 12.5 Å². The zero-order valence-corrected chi connectivity index (χ0v) is 16.4. The number of unbranched alkanes of at least 4 members (excludes halogenated alkanes) is 1. The molecule has 2 amide bonds. The third kappa shape index (κ3) is 7.58. The van der Waals surface area contributed by atoms with E-state index in [4.69, 9.17) is 16.2 Å². The molecular formula is C17H29N5O7. The quantitative estimate of drug-likeness (QED) is 0.149. The van der Waals surface area contributed by atoms with Crippen molar-refractivity contribution in [3.63, 3.8) is 0 Å². The Balaban J connectivity index is 3.04. The van der Waals surface area contributed by atoms with Gasteiger partial charge in [0.15, 0.2) is 5.96 Å². The van der Waals surface area contributed by atoms with Crippen molar-refractivity contribution in [2.75, 3.05) is 6.54 Å². The van der Waals surface area contributed by atoms with Crippen LogP contribution >= 0.6 is 0 Å². The number of carboxylic acid groups (broad SMARTS) is 1. The van der Waals surface area contributed by atoms with Crippen molar-refractivity contribution in [2.24, 2.45) is 16.5 Å². The second-order valence-electron chi connectivity index (χ2n) is 6.65. The van der Waals surface area contributed by atoms with Crippen LogP contribution in [0.25, 0.3) is 0 Å². The average molecular weight is 415 g/mol. The highest BCUT2D eigenvalue weighted by atomic mass is 16.5. The van der Waals surface area contributed by atoms with Gasteiger partial charge in [0, 0.05) is 19.9 Å². The maximum atomic E-state index is 11.7. The summed E-state index contributed by atoms with van der Waals surface area (Å²) in [4.78, 5) is 38.6. The predicted octanol–water partition coefficient (Wildman–Crippen LogP) is -2.47. The first-order valence-corrected chi connectivity index (χ1v) is 9.17. The molecule has 0 aliphatic carbocycles. The van der Waals surface area contributed by atoms with E-state index in [1.165, 1.54) is 6.92 Å². The lowest BCUT2D eigenvalue weighted by atomic mass is 9.92. The summed E-state index contributed by atoms with van der Waals surface area (Å²) >= 11 is 0. The lowest BCUT2D eigenvalue weighted by molar-refractivity contribution is -0.144. The topological polar surface area (TPSA) is 210 Å². The summed E-state index contributed by atoms with van der Waals surface area (Å²) in [7, 11) is 0. The zero-order valence-electron chi connectivity index (χ0n) is 16.4. The van der Waals surface area contributed by atoms with E-state index >= 15 is 0 Å². The molecule has 1 rings (SSSR count). The Kier molecular flexibility index (Phi) is 9.35. The summed E-state index contributed by atoms with van der Waals surface area (Å²) in [5.41, 5.74) is 10.8. The van der Waals surface area contributed by atoms with Crippen LogP contribution in [0.1, 0.15) is 33.1 Å². The van der Waals surface area contributed by atoms with E-state index in [2.05, 4.69) is 15.6 Å². The van der Waals surface area contributed by atoms with E-state index in [9.17, 15) is 29.7 Å². The number of carbonyl (C=O) groups is 3. The number of aliphatic hydroxyl groups excluding tert-OH is 2. The van der Waals surface area contributed by atoms with Crippen molar-refractivity contribution in [1.29, 1.82) is 0 Å². The van der Waals surface area contributed by atoms with Crippen LogP contribution in [-0.2, 0) is 19.1 Å². The zero-order chi connectivity index (χ0) is 22.1. The summed E-state index contributed by atoms with van der Waals surface area (Å²) in [5.74, 6) is -3.18. The maximum Gasteiger partial charge on any atom is 0.370 e. The van der Waals surface area contributed by atoms with Gasteiger partial charge in [-0.3, -0.25) is 9.59 Å². The molecule has 12 nitrogen and oxygen atoms in total. The summed E-state index contributed by atoms with van der Waals surface area (Å²) in [6, 6.07) is -2.13. The Labute approximate surface area is 168 Å². The van der Waals surface area contributed by atoms with Crippen LogP contribution in [0.5, 0.6) is 0 Å². The first kappa shape index (κ1) is 24.2. The van der Waals surface area contributed by atoms with E-state index in [1.807, 2.05) is 6.92 Å². The van der Waals surface area contributed by atoms with Gasteiger partial charge in [0.05, 0.1) is 12.1 Å². The summed E-state index contributed by atoms with van der Waals surface area (Å²) in [5, 5.41) is 35.1. The fraction of sp³-hybridized carbons (Fsp3) is 0.647. The molecule has 0 fully saturated rings. The summed E-state index contributed by atoms with van der Waals surface area (Å²) in [6.45, 7) is 2.83. The first-order chi connectivity index (χ1) is 13.6. The lowest BCUT2D eigenvalue weighted by Crippen LogP contribution is -2.60. The standard InChI is InChI=1S/C17H29N5O7/c1-3-4-5-12(25)20-7-10(24)14(26)15-13(21-8(2)23)9(22-17(18)19)6-11(29-15)16(27)28/h6,9-10,13-15,24,26H,3-5,7H2,1-2H3,(H,20,25)(H,21,23)(H,27,28)(H4,18,19,22)/t9-,10?,13+,14?,15+/m0/s1. The highest BCUT2D eigenvalue weighted by molar-refractivity contribution is 5.85. The minimum Gasteiger partial charge on any atom is -0.478 e. The molecule has 0 aromatic carbocycles. The number of ether oxygens (including phenoxy) is 1. The van der Waals surface area contributed by atoms with Gasteiger partial charge in [0.2, 0.25) is 17.6 Å². The number of carboxylic acids is 1. The van der Waals surface area contributed by atoms with Gasteiger partial charge in [0.1, 0.15) is 18.3 Å². The van der Waals surface area contributed by atoms with Crippen molar-refractivity contribution >= 4 is 23.7 Å². The molecule has 0 saturated carbocycles. The molecule has 0 spiro atoms. The fourth-order valence-corrected chi connectivity index (χ4v) is 2.79. The van der Waals surface area contributed by atoms with Gasteiger partial charge < -0.3 is 42.2 Å². The van der Waals surface area contributed by atoms with E-state index in [-0.39, 0.29) is 24.8 Å². The van der Waals surface area contributed by atoms with Crippen LogP contribution in [0, 0.1) is 0 Å². The van der Waals surface area contributed by atoms with Crippen molar-refractivity contribution in [3.8, 4) is 0 Å². The third-order valence-corrected chi connectivity index (χ3v) is 4.18. The van der Waals surface area contributed by atoms with E-state index < -0.39 is 48.0 Å². The van der Waals surface area contributed by atoms with E-state index in [0.717, 1.165) is 12.5 Å². The SMILES string of the molecule is CCCCC(=O)NCC(O)C(O)[C@@H]1OC(C(=O)O)=C[C@H](N=C(N)N)[C@H]1NC(C)=O. The number of aliphatic carboxylic acids is 1. The molecule has 164 valence electrons. The van der Waals surface area contributed by atoms with Gasteiger partial charge >= 0.3 is 5.97 Å². The van der Waals surface area contributed by atoms with Gasteiger partial charge in [0.25, 0.3) is 0 Å². The normalized spacial score (nSPS) is 23.0. The Morgan fingerprint density at radius 2 is 1.97 bits per heavy atom. The summed E-state index contributed by atoms with van der Waals surface area (Å²) < 4.78 is 5.30. The molecule has 0 saturated heterocycles. The molecule has 0 aromatic rings. The van der Waals surface area contributed by atoms with Crippen LogP contribution in [0.4, 0.5) is 0 Å². The second-order valence-corrected chi connectivity index (χ2v) is 6.65. The van der Waals surface area contributed by atoms with Crippen LogP contribution in [0.2, 0.25) is 0 Å². The largest absolute Gasteiger partial charge is 0.478 e. The number of guanidine groups is 1. The minimum absolute atomic E-state index is 0.270.